The molecule has 0 unspecified atom stereocenters. The van der Waals surface area contributed by atoms with Gasteiger partial charge in [-0.3, -0.25) is 13.8 Å². The van der Waals surface area contributed by atoms with Crippen molar-refractivity contribution in [2.24, 2.45) is 0 Å². The van der Waals surface area contributed by atoms with Crippen LogP contribution in [0.2, 0.25) is 0 Å². The van der Waals surface area contributed by atoms with Crippen LogP contribution in [0.1, 0.15) is 0 Å². The highest BCUT2D eigenvalue weighted by atomic mass is 32.2. The molecule has 0 atom stereocenters. The molecule has 13 heteroatoms. The average Bonchev–Trinajstić information content (AvgIpc) is 3.00. The maximum atomic E-state index is 13.7. The molecule has 4 aromatic carbocycles. The molecule has 0 aliphatic carbocycles. The van der Waals surface area contributed by atoms with Crippen molar-refractivity contribution >= 4 is 43.0 Å². The van der Waals surface area contributed by atoms with Crippen molar-refractivity contribution in [2.75, 3.05) is 42.2 Å². The predicted molar refractivity (Wildman–Crippen MR) is 159 cm³/mol. The Labute approximate surface area is 244 Å². The summed E-state index contributed by atoms with van der Waals surface area (Å²) in [7, 11) is -3.76. The van der Waals surface area contributed by atoms with Gasteiger partial charge in [-0.1, -0.05) is 18.2 Å². The van der Waals surface area contributed by atoms with Crippen molar-refractivity contribution in [1.82, 2.24) is 0 Å². The van der Waals surface area contributed by atoms with E-state index in [4.69, 9.17) is 14.2 Å². The second-order valence-electron chi connectivity index (χ2n) is 8.77. The molecule has 0 bridgehead atoms. The summed E-state index contributed by atoms with van der Waals surface area (Å²) in [5.74, 6) is 0.534. The van der Waals surface area contributed by atoms with Crippen LogP contribution in [0, 0.1) is 0 Å². The van der Waals surface area contributed by atoms with Gasteiger partial charge in [-0.25, -0.2) is 16.8 Å². The van der Waals surface area contributed by atoms with Crippen LogP contribution in [-0.4, -0.2) is 50.6 Å². The summed E-state index contributed by atoms with van der Waals surface area (Å²) in [5, 5.41) is 2.63. The van der Waals surface area contributed by atoms with Gasteiger partial charge in [0.25, 0.3) is 20.0 Å². The number of methoxy groups -OCH3 is 3. The largest absolute Gasteiger partial charge is 0.497 e. The Hall–Kier alpha value is -4.75. The number of anilines is 3. The van der Waals surface area contributed by atoms with Crippen molar-refractivity contribution in [3.05, 3.63) is 97.1 Å². The molecule has 0 spiro atoms. The number of nitrogens with one attached hydrogen (secondary N) is 2. The molecule has 4 rings (SSSR count). The van der Waals surface area contributed by atoms with Crippen LogP contribution < -0.4 is 28.6 Å². The van der Waals surface area contributed by atoms with Crippen LogP contribution in [0.4, 0.5) is 17.1 Å². The van der Waals surface area contributed by atoms with Gasteiger partial charge in [-0.2, -0.15) is 0 Å². The van der Waals surface area contributed by atoms with E-state index >= 15 is 0 Å². The van der Waals surface area contributed by atoms with Gasteiger partial charge in [0.15, 0.2) is 0 Å². The minimum Gasteiger partial charge on any atom is -0.497 e. The zero-order valence-electron chi connectivity index (χ0n) is 23.0. The average molecular weight is 612 g/mol. The topological polar surface area (TPSA) is 140 Å². The Morgan fingerprint density at radius 3 is 1.88 bits per heavy atom. The molecule has 11 nitrogen and oxygen atoms in total. The van der Waals surface area contributed by atoms with E-state index in [-0.39, 0.29) is 26.9 Å². The summed E-state index contributed by atoms with van der Waals surface area (Å²) < 4.78 is 72.1. The number of carbonyl (C=O) groups excluding carboxylic acids is 1. The number of benzene rings is 4. The third-order valence-electron chi connectivity index (χ3n) is 6.06. The molecule has 0 saturated heterocycles. The Morgan fingerprint density at radius 2 is 1.29 bits per heavy atom. The number of amides is 1. The van der Waals surface area contributed by atoms with Crippen LogP contribution in [0.25, 0.3) is 0 Å². The van der Waals surface area contributed by atoms with Gasteiger partial charge in [0, 0.05) is 17.4 Å². The smallest absolute Gasteiger partial charge is 0.264 e. The molecular weight excluding hydrogens is 582 g/mol. The van der Waals surface area contributed by atoms with Crippen LogP contribution in [0.15, 0.2) is 107 Å². The van der Waals surface area contributed by atoms with Crippen molar-refractivity contribution in [3.8, 4) is 17.2 Å². The van der Waals surface area contributed by atoms with Crippen LogP contribution in [0.5, 0.6) is 17.2 Å². The van der Waals surface area contributed by atoms with E-state index in [1.54, 1.807) is 48.5 Å². The molecular formula is C29H29N3O8S2. The molecule has 0 aromatic heterocycles. The first-order chi connectivity index (χ1) is 20.1. The molecule has 2 N–H and O–H groups in total. The first kappa shape index (κ1) is 30.2. The minimum atomic E-state index is -4.20. The fourth-order valence-electron chi connectivity index (χ4n) is 3.93. The maximum Gasteiger partial charge on any atom is 0.264 e. The van der Waals surface area contributed by atoms with E-state index in [0.29, 0.717) is 17.2 Å². The highest BCUT2D eigenvalue weighted by Crippen LogP contribution is 2.35. The number of ether oxygens (including phenoxy) is 3. The lowest BCUT2D eigenvalue weighted by Crippen LogP contribution is -2.38. The second-order valence-corrected chi connectivity index (χ2v) is 12.3. The lowest BCUT2D eigenvalue weighted by atomic mass is 10.2. The Balaban J connectivity index is 1.55. The summed E-state index contributed by atoms with van der Waals surface area (Å²) in [6.07, 6.45) is 0. The summed E-state index contributed by atoms with van der Waals surface area (Å²) in [4.78, 5) is 13.1. The zero-order chi connectivity index (χ0) is 30.3. The van der Waals surface area contributed by atoms with Gasteiger partial charge >= 0.3 is 0 Å². The minimum absolute atomic E-state index is 0.0189. The van der Waals surface area contributed by atoms with Gasteiger partial charge in [0.2, 0.25) is 5.91 Å². The highest BCUT2D eigenvalue weighted by molar-refractivity contribution is 7.93. The molecule has 0 aliphatic heterocycles. The number of nitrogens with zero attached hydrogens (tertiary/aromatic N) is 1. The molecule has 0 saturated carbocycles. The Morgan fingerprint density at radius 1 is 0.690 bits per heavy atom. The van der Waals surface area contributed by atoms with Gasteiger partial charge in [-0.15, -0.1) is 0 Å². The molecule has 0 heterocycles. The highest BCUT2D eigenvalue weighted by Gasteiger charge is 2.29. The number of rotatable bonds is 12. The van der Waals surface area contributed by atoms with Gasteiger partial charge in [-0.05, 0) is 72.8 Å². The molecule has 42 heavy (non-hydrogen) atoms. The van der Waals surface area contributed by atoms with Crippen molar-refractivity contribution in [2.45, 2.75) is 9.79 Å². The van der Waals surface area contributed by atoms with Gasteiger partial charge in [0.1, 0.15) is 23.8 Å². The lowest BCUT2D eigenvalue weighted by molar-refractivity contribution is -0.114. The number of hydrogen-bond acceptors (Lipinski definition) is 8. The third kappa shape index (κ3) is 6.93. The van der Waals surface area contributed by atoms with E-state index in [1.165, 1.54) is 69.9 Å². The van der Waals surface area contributed by atoms with Gasteiger partial charge in [0.05, 0.1) is 36.8 Å². The molecule has 1 amide bonds. The summed E-state index contributed by atoms with van der Waals surface area (Å²) in [5.41, 5.74) is 0.743. The van der Waals surface area contributed by atoms with E-state index in [0.717, 1.165) is 4.31 Å². The third-order valence-corrected chi connectivity index (χ3v) is 9.24. The van der Waals surface area contributed by atoms with Crippen LogP contribution >= 0.6 is 0 Å². The zero-order valence-corrected chi connectivity index (χ0v) is 24.6. The lowest BCUT2D eigenvalue weighted by Gasteiger charge is -2.26. The Kier molecular flexibility index (Phi) is 9.23. The molecule has 0 aliphatic rings. The molecule has 0 fully saturated rings. The van der Waals surface area contributed by atoms with E-state index in [2.05, 4.69) is 10.0 Å². The Bertz CT molecular complexity index is 1750. The van der Waals surface area contributed by atoms with Crippen LogP contribution in [-0.2, 0) is 24.8 Å². The normalized spacial score (nSPS) is 11.3. The first-order valence-electron chi connectivity index (χ1n) is 12.4. The number of hydrogen-bond donors (Lipinski definition) is 2. The second kappa shape index (κ2) is 12.8. The van der Waals surface area contributed by atoms with Crippen molar-refractivity contribution in [3.63, 3.8) is 0 Å². The maximum absolute atomic E-state index is 13.7. The summed E-state index contributed by atoms with van der Waals surface area (Å²) in [6.45, 7) is -0.598. The summed E-state index contributed by atoms with van der Waals surface area (Å²) >= 11 is 0. The fourth-order valence-corrected chi connectivity index (χ4v) is 6.44. The van der Waals surface area contributed by atoms with Crippen LogP contribution in [0.3, 0.4) is 0 Å². The van der Waals surface area contributed by atoms with E-state index in [1.807, 2.05) is 0 Å². The SMILES string of the molecule is COc1ccc(NS(=O)(=O)c2ccc(NC(=O)CN(c3ccc(OC)cc3OC)S(=O)(=O)c3ccccc3)cc2)cc1. The van der Waals surface area contributed by atoms with Gasteiger partial charge < -0.3 is 19.5 Å². The monoisotopic (exact) mass is 611 g/mol. The van der Waals surface area contributed by atoms with E-state index < -0.39 is 32.5 Å². The first-order valence-corrected chi connectivity index (χ1v) is 15.4. The van der Waals surface area contributed by atoms with Crippen molar-refractivity contribution < 1.29 is 35.8 Å². The van der Waals surface area contributed by atoms with E-state index in [9.17, 15) is 21.6 Å². The quantitative estimate of drug-likeness (QED) is 0.241. The molecule has 0 radical (unpaired) electrons. The summed E-state index contributed by atoms with van der Waals surface area (Å²) in [6, 6.07) is 24.1. The predicted octanol–water partition coefficient (Wildman–Crippen LogP) is 4.35. The number of sulfonamides is 2. The molecule has 220 valence electrons. The molecule has 4 aromatic rings. The fraction of sp³-hybridized carbons (Fsp3) is 0.138. The number of carbonyl (C=O) groups is 1. The van der Waals surface area contributed by atoms with Crippen molar-refractivity contribution in [1.29, 1.82) is 0 Å². The standard InChI is InChI=1S/C29H29N3O8S2/c1-38-23-13-9-22(10-14-23)31-41(34,35)25-16-11-21(12-17-25)30-29(33)20-32(42(36,37)26-7-5-4-6-8-26)27-18-15-24(39-2)19-28(27)40-3/h4-19,31H,20H2,1-3H3,(H,30,33).